The van der Waals surface area contributed by atoms with Crippen LogP contribution in [0.1, 0.15) is 43.7 Å². The summed E-state index contributed by atoms with van der Waals surface area (Å²) < 4.78 is 45.0. The number of nitrogens with zero attached hydrogens (tertiary/aromatic N) is 2. The van der Waals surface area contributed by atoms with Crippen molar-refractivity contribution in [3.8, 4) is 5.75 Å². The van der Waals surface area contributed by atoms with E-state index >= 15 is 0 Å². The van der Waals surface area contributed by atoms with E-state index in [1.807, 2.05) is 61.5 Å². The van der Waals surface area contributed by atoms with Crippen molar-refractivity contribution >= 4 is 27.5 Å². The predicted octanol–water partition coefficient (Wildman–Crippen LogP) is 4.94. The molecular weight excluding hydrogens is 557 g/mol. The summed E-state index contributed by atoms with van der Waals surface area (Å²) in [6, 6.07) is 21.3. The van der Waals surface area contributed by atoms with Crippen molar-refractivity contribution in [3.63, 3.8) is 0 Å². The maximum absolute atomic E-state index is 13.9. The van der Waals surface area contributed by atoms with E-state index in [9.17, 15) is 22.4 Å². The number of nitrogens with one attached hydrogen (secondary N) is 1. The first-order chi connectivity index (χ1) is 20.1. The van der Waals surface area contributed by atoms with E-state index in [2.05, 4.69) is 5.32 Å². The van der Waals surface area contributed by atoms with Gasteiger partial charge in [0.2, 0.25) is 21.8 Å². The van der Waals surface area contributed by atoms with Crippen molar-refractivity contribution in [1.29, 1.82) is 0 Å². The summed E-state index contributed by atoms with van der Waals surface area (Å²) in [7, 11) is -2.12. The van der Waals surface area contributed by atoms with Crippen LogP contribution >= 0.6 is 0 Å². The number of carbonyl (C=O) groups is 2. The number of ether oxygens (including phenoxy) is 1. The zero-order valence-electron chi connectivity index (χ0n) is 24.5. The predicted molar refractivity (Wildman–Crippen MR) is 163 cm³/mol. The molecule has 1 atom stereocenters. The first kappa shape index (κ1) is 32.6. The van der Waals surface area contributed by atoms with Crippen LogP contribution in [-0.4, -0.2) is 57.6 Å². The van der Waals surface area contributed by atoms with Gasteiger partial charge in [-0.3, -0.25) is 13.9 Å². The molecule has 0 radical (unpaired) electrons. The zero-order valence-corrected chi connectivity index (χ0v) is 25.3. The number of unbranched alkanes of at least 4 members (excludes halogenated alkanes) is 1. The van der Waals surface area contributed by atoms with Crippen LogP contribution in [0.3, 0.4) is 0 Å². The number of benzene rings is 3. The number of halogens is 1. The van der Waals surface area contributed by atoms with E-state index in [0.29, 0.717) is 24.4 Å². The summed E-state index contributed by atoms with van der Waals surface area (Å²) in [6.07, 6.45) is 3.33. The molecule has 0 aromatic heterocycles. The zero-order chi connectivity index (χ0) is 30.5. The van der Waals surface area contributed by atoms with Gasteiger partial charge in [0, 0.05) is 32.5 Å². The van der Waals surface area contributed by atoms with Crippen LogP contribution in [0.4, 0.5) is 10.1 Å². The van der Waals surface area contributed by atoms with E-state index in [1.165, 1.54) is 24.3 Å². The molecule has 0 bridgehead atoms. The fourth-order valence-electron chi connectivity index (χ4n) is 4.64. The average molecular weight is 598 g/mol. The molecule has 2 amide bonds. The Morgan fingerprint density at radius 1 is 0.952 bits per heavy atom. The van der Waals surface area contributed by atoms with Gasteiger partial charge in [-0.15, -0.1) is 0 Å². The van der Waals surface area contributed by atoms with Crippen LogP contribution < -0.4 is 14.4 Å². The molecule has 0 saturated carbocycles. The van der Waals surface area contributed by atoms with Gasteiger partial charge in [-0.05, 0) is 60.4 Å². The number of hydrogen-bond acceptors (Lipinski definition) is 5. The molecule has 0 aliphatic rings. The molecule has 8 nitrogen and oxygen atoms in total. The molecule has 0 fully saturated rings. The van der Waals surface area contributed by atoms with Gasteiger partial charge >= 0.3 is 0 Å². The van der Waals surface area contributed by atoms with Gasteiger partial charge in [-0.1, -0.05) is 55.8 Å². The Kier molecular flexibility index (Phi) is 12.3. The quantitative estimate of drug-likeness (QED) is 0.236. The minimum Gasteiger partial charge on any atom is -0.497 e. The summed E-state index contributed by atoms with van der Waals surface area (Å²) in [5.74, 6) is -0.364. The number of sulfonamides is 1. The number of amides is 2. The number of anilines is 1. The van der Waals surface area contributed by atoms with E-state index in [1.54, 1.807) is 12.0 Å². The molecule has 1 N–H and O–H groups in total. The lowest BCUT2D eigenvalue weighted by Gasteiger charge is -2.32. The van der Waals surface area contributed by atoms with Gasteiger partial charge in [0.05, 0.1) is 19.1 Å². The van der Waals surface area contributed by atoms with Gasteiger partial charge in [0.15, 0.2) is 0 Å². The number of carbonyl (C=O) groups excluding carboxylic acids is 2. The summed E-state index contributed by atoms with van der Waals surface area (Å²) >= 11 is 0. The lowest BCUT2D eigenvalue weighted by Crippen LogP contribution is -2.50. The molecule has 0 spiro atoms. The molecule has 0 aliphatic carbocycles. The normalized spacial score (nSPS) is 11.9. The van der Waals surface area contributed by atoms with Crippen molar-refractivity contribution in [3.05, 3.63) is 95.8 Å². The average Bonchev–Trinajstić information content (AvgIpc) is 2.97. The van der Waals surface area contributed by atoms with Gasteiger partial charge in [-0.2, -0.15) is 0 Å². The second kappa shape index (κ2) is 15.9. The summed E-state index contributed by atoms with van der Waals surface area (Å²) in [4.78, 5) is 29.0. The minimum absolute atomic E-state index is 0.00468. The Labute approximate surface area is 248 Å². The highest BCUT2D eigenvalue weighted by atomic mass is 32.2. The number of rotatable bonds is 16. The van der Waals surface area contributed by atoms with Crippen LogP contribution in [-0.2, 0) is 32.6 Å². The Hall–Kier alpha value is -3.92. The molecular formula is C32H40FN3O5S. The molecule has 0 unspecified atom stereocenters. The Balaban J connectivity index is 1.88. The fraction of sp³-hybridized carbons (Fsp3) is 0.375. The van der Waals surface area contributed by atoms with Crippen LogP contribution in [0, 0.1) is 5.82 Å². The van der Waals surface area contributed by atoms with E-state index in [0.717, 1.165) is 34.5 Å². The van der Waals surface area contributed by atoms with E-state index in [4.69, 9.17) is 4.74 Å². The van der Waals surface area contributed by atoms with Crippen molar-refractivity contribution in [2.24, 2.45) is 0 Å². The standard InChI is InChI=1S/C32H40FN3O5S/c1-4-5-20-34-32(38)30(23-25-11-7-6-8-12-25)35(24-26-13-9-14-29(22-26)41-2)31(37)15-10-21-36(42(3,39)40)28-18-16-27(33)17-19-28/h6-9,11-14,16-19,22,30H,4-5,10,15,20-21,23-24H2,1-3H3,(H,34,38)/t30-/m1/s1. The van der Waals surface area contributed by atoms with Crippen molar-refractivity contribution in [2.75, 3.05) is 30.8 Å². The third-order valence-electron chi connectivity index (χ3n) is 6.85. The molecule has 10 heteroatoms. The lowest BCUT2D eigenvalue weighted by atomic mass is 10.0. The van der Waals surface area contributed by atoms with E-state index in [-0.39, 0.29) is 37.7 Å². The first-order valence-electron chi connectivity index (χ1n) is 14.1. The van der Waals surface area contributed by atoms with Crippen molar-refractivity contribution < 1.29 is 27.1 Å². The van der Waals surface area contributed by atoms with Gasteiger partial charge in [-0.25, -0.2) is 12.8 Å². The summed E-state index contributed by atoms with van der Waals surface area (Å²) in [6.45, 7) is 2.73. The largest absolute Gasteiger partial charge is 0.497 e. The summed E-state index contributed by atoms with van der Waals surface area (Å²) in [5, 5.41) is 2.99. The van der Waals surface area contributed by atoms with Crippen LogP contribution in [0.25, 0.3) is 0 Å². The van der Waals surface area contributed by atoms with Gasteiger partial charge in [0.1, 0.15) is 17.6 Å². The molecule has 42 heavy (non-hydrogen) atoms. The SMILES string of the molecule is CCCCNC(=O)[C@@H](Cc1ccccc1)N(Cc1cccc(OC)c1)C(=O)CCCN(c1ccc(F)cc1)S(C)(=O)=O. The Bertz CT molecular complexity index is 1400. The molecule has 3 rings (SSSR count). The lowest BCUT2D eigenvalue weighted by molar-refractivity contribution is -0.141. The van der Waals surface area contributed by atoms with Gasteiger partial charge in [0.25, 0.3) is 0 Å². The minimum atomic E-state index is -3.68. The van der Waals surface area contributed by atoms with Crippen molar-refractivity contribution in [1.82, 2.24) is 10.2 Å². The fourth-order valence-corrected chi connectivity index (χ4v) is 5.60. The molecule has 3 aromatic carbocycles. The maximum atomic E-state index is 13.9. The molecule has 0 heterocycles. The second-order valence-electron chi connectivity index (χ2n) is 10.1. The smallest absolute Gasteiger partial charge is 0.243 e. The first-order valence-corrected chi connectivity index (χ1v) is 15.9. The number of methoxy groups -OCH3 is 1. The van der Waals surface area contributed by atoms with Gasteiger partial charge < -0.3 is 15.0 Å². The number of hydrogen-bond donors (Lipinski definition) is 1. The third kappa shape index (κ3) is 9.87. The second-order valence-corrected chi connectivity index (χ2v) is 12.0. The summed E-state index contributed by atoms with van der Waals surface area (Å²) in [5.41, 5.74) is 2.03. The third-order valence-corrected chi connectivity index (χ3v) is 8.05. The highest BCUT2D eigenvalue weighted by Crippen LogP contribution is 2.22. The van der Waals surface area contributed by atoms with Crippen LogP contribution in [0.15, 0.2) is 78.9 Å². The van der Waals surface area contributed by atoms with Crippen LogP contribution in [0.2, 0.25) is 0 Å². The highest BCUT2D eigenvalue weighted by molar-refractivity contribution is 7.92. The topological polar surface area (TPSA) is 96.0 Å². The highest BCUT2D eigenvalue weighted by Gasteiger charge is 2.30. The van der Waals surface area contributed by atoms with Crippen molar-refractivity contribution in [2.45, 2.75) is 51.6 Å². The monoisotopic (exact) mass is 597 g/mol. The van der Waals surface area contributed by atoms with E-state index < -0.39 is 21.9 Å². The maximum Gasteiger partial charge on any atom is 0.243 e. The van der Waals surface area contributed by atoms with Crippen LogP contribution in [0.5, 0.6) is 5.75 Å². The molecule has 3 aromatic rings. The molecule has 0 aliphatic heterocycles. The molecule has 226 valence electrons. The Morgan fingerprint density at radius 2 is 1.64 bits per heavy atom. The Morgan fingerprint density at radius 3 is 2.29 bits per heavy atom. The molecule has 0 saturated heterocycles.